The van der Waals surface area contributed by atoms with Crippen molar-refractivity contribution in [2.24, 2.45) is 5.14 Å². The number of primary sulfonamides is 1. The number of aliphatic hydroxyl groups excluding tert-OH is 1. The Hall–Kier alpha value is -3.75. The molecule has 0 bridgehead atoms. The van der Waals surface area contributed by atoms with Crippen molar-refractivity contribution >= 4 is 33.2 Å². The van der Waals surface area contributed by atoms with Crippen LogP contribution in [-0.2, 0) is 19.6 Å². The van der Waals surface area contributed by atoms with Gasteiger partial charge < -0.3 is 5.11 Å². The Morgan fingerprint density at radius 2 is 1.50 bits per heavy atom. The highest BCUT2D eigenvalue weighted by Gasteiger charge is 2.46. The number of hydrogen-bond acceptors (Lipinski definition) is 5. The molecule has 3 aromatic rings. The number of ketones is 1. The Balaban J connectivity index is 1.90. The minimum Gasteiger partial charge on any atom is -0.507 e. The third-order valence-electron chi connectivity index (χ3n) is 5.33. The molecule has 162 valence electrons. The van der Waals surface area contributed by atoms with Crippen LogP contribution < -0.4 is 10.0 Å². The molecule has 3 N–H and O–H groups in total. The zero-order valence-corrected chi connectivity index (χ0v) is 17.9. The molecule has 1 aliphatic rings. The van der Waals surface area contributed by atoms with Crippen LogP contribution in [0.15, 0.2) is 89.3 Å². The van der Waals surface area contributed by atoms with Gasteiger partial charge in [-0.25, -0.2) is 13.6 Å². The lowest BCUT2D eigenvalue weighted by Crippen LogP contribution is -2.29. The number of sulfonamides is 1. The zero-order valence-electron chi connectivity index (χ0n) is 17.1. The molecule has 4 rings (SSSR count). The summed E-state index contributed by atoms with van der Waals surface area (Å²) >= 11 is 0. The topological polar surface area (TPSA) is 118 Å². The summed E-state index contributed by atoms with van der Waals surface area (Å²) in [6, 6.07) is 20.3. The Morgan fingerprint density at radius 3 is 2.06 bits per heavy atom. The average molecular weight is 449 g/mol. The van der Waals surface area contributed by atoms with Gasteiger partial charge >= 0.3 is 0 Å². The molecule has 8 heteroatoms. The Morgan fingerprint density at radius 1 is 0.906 bits per heavy atom. The molecular formula is C24H20N2O5S. The van der Waals surface area contributed by atoms with E-state index in [1.54, 1.807) is 54.6 Å². The molecule has 0 aliphatic carbocycles. The standard InChI is InChI=1S/C24H20N2O5S/c1-15-7-9-17(10-8-15)22(27)20-21(16-5-3-2-4-6-16)26(24(29)23(20)28)18-11-13-19(14-12-18)32(25,30)31/h2-14,21,27H,1H3,(H2,25,30,31)/b22-20+. The maximum atomic E-state index is 13.1. The van der Waals surface area contributed by atoms with Crippen molar-refractivity contribution in [3.8, 4) is 0 Å². The van der Waals surface area contributed by atoms with Crippen molar-refractivity contribution in [2.45, 2.75) is 17.9 Å². The van der Waals surface area contributed by atoms with E-state index in [0.29, 0.717) is 16.8 Å². The summed E-state index contributed by atoms with van der Waals surface area (Å²) in [5.74, 6) is -1.93. The van der Waals surface area contributed by atoms with E-state index in [4.69, 9.17) is 5.14 Å². The molecule has 7 nitrogen and oxygen atoms in total. The van der Waals surface area contributed by atoms with Gasteiger partial charge in [-0.15, -0.1) is 0 Å². The lowest BCUT2D eigenvalue weighted by molar-refractivity contribution is -0.132. The van der Waals surface area contributed by atoms with E-state index < -0.39 is 27.8 Å². The highest BCUT2D eigenvalue weighted by Crippen LogP contribution is 2.42. The van der Waals surface area contributed by atoms with E-state index >= 15 is 0 Å². The minimum atomic E-state index is -3.92. The zero-order chi connectivity index (χ0) is 23.0. The van der Waals surface area contributed by atoms with E-state index in [1.165, 1.54) is 29.2 Å². The van der Waals surface area contributed by atoms with Crippen LogP contribution >= 0.6 is 0 Å². The third-order valence-corrected chi connectivity index (χ3v) is 6.26. The van der Waals surface area contributed by atoms with Crippen LogP contribution in [0.4, 0.5) is 5.69 Å². The molecule has 1 fully saturated rings. The Bertz CT molecular complexity index is 1330. The van der Waals surface area contributed by atoms with E-state index in [0.717, 1.165) is 5.56 Å². The number of amides is 1. The number of Topliss-reactive ketones (excluding diaryl/α,β-unsaturated/α-hetero) is 1. The fourth-order valence-electron chi connectivity index (χ4n) is 3.71. The molecule has 0 radical (unpaired) electrons. The minimum absolute atomic E-state index is 0.0411. The van der Waals surface area contributed by atoms with Crippen LogP contribution in [0.3, 0.4) is 0 Å². The lowest BCUT2D eigenvalue weighted by atomic mass is 9.95. The fourth-order valence-corrected chi connectivity index (χ4v) is 4.23. The molecule has 1 amide bonds. The molecular weight excluding hydrogens is 428 g/mol. The van der Waals surface area contributed by atoms with Crippen molar-refractivity contribution < 1.29 is 23.1 Å². The monoisotopic (exact) mass is 448 g/mol. The Kier molecular flexibility index (Phi) is 5.41. The summed E-state index contributed by atoms with van der Waals surface area (Å²) in [5.41, 5.74) is 2.28. The largest absolute Gasteiger partial charge is 0.507 e. The predicted octanol–water partition coefficient (Wildman–Crippen LogP) is 3.27. The van der Waals surface area contributed by atoms with Gasteiger partial charge in [0.1, 0.15) is 5.76 Å². The molecule has 32 heavy (non-hydrogen) atoms. The molecule has 0 spiro atoms. The number of anilines is 1. The number of carbonyl (C=O) groups excluding carboxylic acids is 2. The molecule has 0 saturated carbocycles. The van der Waals surface area contributed by atoms with Gasteiger partial charge in [-0.05, 0) is 36.8 Å². The number of aryl methyl sites for hydroxylation is 1. The van der Waals surface area contributed by atoms with E-state index in [9.17, 15) is 23.1 Å². The van der Waals surface area contributed by atoms with Gasteiger partial charge in [-0.1, -0.05) is 60.2 Å². The number of nitrogens with two attached hydrogens (primary N) is 1. The summed E-state index contributed by atoms with van der Waals surface area (Å²) in [6.07, 6.45) is 0. The first-order chi connectivity index (χ1) is 15.2. The molecule has 1 atom stereocenters. The number of benzene rings is 3. The SMILES string of the molecule is Cc1ccc(/C(O)=C2\C(=O)C(=O)N(c3ccc(S(N)(=O)=O)cc3)C2c2ccccc2)cc1. The van der Waals surface area contributed by atoms with Gasteiger partial charge in [0, 0.05) is 11.3 Å². The summed E-state index contributed by atoms with van der Waals surface area (Å²) in [4.78, 5) is 27.3. The quantitative estimate of drug-likeness (QED) is 0.361. The average Bonchev–Trinajstić information content (AvgIpc) is 3.04. The first-order valence-electron chi connectivity index (χ1n) is 9.74. The van der Waals surface area contributed by atoms with Gasteiger partial charge in [0.25, 0.3) is 11.7 Å². The van der Waals surface area contributed by atoms with Crippen LogP contribution in [0.1, 0.15) is 22.7 Å². The Labute approximate surface area is 185 Å². The summed E-state index contributed by atoms with van der Waals surface area (Å²) < 4.78 is 23.2. The molecule has 1 saturated heterocycles. The second-order valence-corrected chi connectivity index (χ2v) is 9.05. The van der Waals surface area contributed by atoms with Crippen molar-refractivity contribution in [1.29, 1.82) is 0 Å². The van der Waals surface area contributed by atoms with Gasteiger partial charge in [-0.3, -0.25) is 14.5 Å². The number of hydrogen-bond donors (Lipinski definition) is 2. The second kappa shape index (κ2) is 8.07. The second-order valence-electron chi connectivity index (χ2n) is 7.48. The number of carbonyl (C=O) groups is 2. The lowest BCUT2D eigenvalue weighted by Gasteiger charge is -2.25. The van der Waals surface area contributed by atoms with E-state index in [2.05, 4.69) is 0 Å². The maximum Gasteiger partial charge on any atom is 0.300 e. The highest BCUT2D eigenvalue weighted by molar-refractivity contribution is 7.89. The first kappa shape index (κ1) is 21.5. The smallest absolute Gasteiger partial charge is 0.300 e. The van der Waals surface area contributed by atoms with Gasteiger partial charge in [0.05, 0.1) is 16.5 Å². The molecule has 1 aliphatic heterocycles. The summed E-state index contributed by atoms with van der Waals surface area (Å²) in [5, 5.41) is 16.2. The fraction of sp³-hybridized carbons (Fsp3) is 0.0833. The first-order valence-corrected chi connectivity index (χ1v) is 11.3. The van der Waals surface area contributed by atoms with E-state index in [-0.39, 0.29) is 16.2 Å². The van der Waals surface area contributed by atoms with Crippen LogP contribution in [0, 0.1) is 6.92 Å². The molecule has 1 heterocycles. The van der Waals surface area contributed by atoms with Crippen LogP contribution in [0.5, 0.6) is 0 Å². The van der Waals surface area contributed by atoms with Crippen molar-refractivity contribution in [3.05, 3.63) is 101 Å². The third kappa shape index (κ3) is 3.81. The van der Waals surface area contributed by atoms with Gasteiger partial charge in [0.15, 0.2) is 0 Å². The molecule has 0 aromatic heterocycles. The van der Waals surface area contributed by atoms with E-state index in [1.807, 2.05) is 6.92 Å². The van der Waals surface area contributed by atoms with Crippen molar-refractivity contribution in [1.82, 2.24) is 0 Å². The van der Waals surface area contributed by atoms with Crippen LogP contribution in [-0.4, -0.2) is 25.2 Å². The van der Waals surface area contributed by atoms with Gasteiger partial charge in [0.2, 0.25) is 10.0 Å². The number of nitrogens with zero attached hydrogens (tertiary/aromatic N) is 1. The summed E-state index contributed by atoms with van der Waals surface area (Å²) in [6.45, 7) is 1.90. The summed E-state index contributed by atoms with van der Waals surface area (Å²) in [7, 11) is -3.92. The molecule has 3 aromatic carbocycles. The van der Waals surface area contributed by atoms with Crippen LogP contribution in [0.2, 0.25) is 0 Å². The predicted molar refractivity (Wildman–Crippen MR) is 120 cm³/mol. The van der Waals surface area contributed by atoms with Gasteiger partial charge in [-0.2, -0.15) is 0 Å². The number of aliphatic hydroxyl groups is 1. The van der Waals surface area contributed by atoms with Crippen molar-refractivity contribution in [3.63, 3.8) is 0 Å². The maximum absolute atomic E-state index is 13.1. The molecule has 1 unspecified atom stereocenters. The number of rotatable bonds is 4. The van der Waals surface area contributed by atoms with Crippen LogP contribution in [0.25, 0.3) is 5.76 Å². The van der Waals surface area contributed by atoms with Crippen molar-refractivity contribution in [2.75, 3.05) is 4.90 Å². The normalized spacial score (nSPS) is 18.2. The highest BCUT2D eigenvalue weighted by atomic mass is 32.2.